The second-order valence-electron chi connectivity index (χ2n) is 4.12. The molecule has 0 bridgehead atoms. The maximum Gasteiger partial charge on any atom is 0.136 e. The molecule has 2 aromatic rings. The molecule has 0 saturated heterocycles. The first kappa shape index (κ1) is 14.8. The summed E-state index contributed by atoms with van der Waals surface area (Å²) in [7, 11) is 1.57. The predicted octanol–water partition coefficient (Wildman–Crippen LogP) is 4.20. The van der Waals surface area contributed by atoms with E-state index in [4.69, 9.17) is 15.7 Å². The van der Waals surface area contributed by atoms with Crippen molar-refractivity contribution >= 4 is 33.4 Å². The van der Waals surface area contributed by atoms with Crippen molar-refractivity contribution in [2.24, 2.45) is 0 Å². The standard InChI is InChI=1S/C15H13BrN2OS/c1-19-14-6-10(2-3-11(14)8-17)9-20-15-5-4-12(18)7-13(15)16/h2-7H,9,18H2,1H3. The Morgan fingerprint density at radius 2 is 2.10 bits per heavy atom. The van der Waals surface area contributed by atoms with Crippen LogP contribution < -0.4 is 10.5 Å². The fourth-order valence-electron chi connectivity index (χ4n) is 1.71. The molecule has 0 heterocycles. The SMILES string of the molecule is COc1cc(CSc2ccc(N)cc2Br)ccc1C#N. The molecule has 2 N–H and O–H groups in total. The lowest BCUT2D eigenvalue weighted by Crippen LogP contribution is -1.90. The zero-order valence-corrected chi connectivity index (χ0v) is 13.3. The molecule has 0 aliphatic rings. The third-order valence-electron chi connectivity index (χ3n) is 2.74. The lowest BCUT2D eigenvalue weighted by atomic mass is 10.1. The lowest BCUT2D eigenvalue weighted by molar-refractivity contribution is 0.413. The predicted molar refractivity (Wildman–Crippen MR) is 85.8 cm³/mol. The molecule has 0 spiro atoms. The number of ether oxygens (including phenoxy) is 1. The zero-order valence-electron chi connectivity index (χ0n) is 10.9. The minimum Gasteiger partial charge on any atom is -0.495 e. The molecule has 102 valence electrons. The molecule has 0 aromatic heterocycles. The number of thioether (sulfide) groups is 1. The van der Waals surface area contributed by atoms with E-state index in [1.165, 1.54) is 0 Å². The van der Waals surface area contributed by atoms with Gasteiger partial charge in [-0.05, 0) is 51.8 Å². The summed E-state index contributed by atoms with van der Waals surface area (Å²) in [6.07, 6.45) is 0. The Morgan fingerprint density at radius 1 is 1.30 bits per heavy atom. The normalized spacial score (nSPS) is 10.1. The molecule has 0 aliphatic heterocycles. The summed E-state index contributed by atoms with van der Waals surface area (Å²) >= 11 is 5.20. The van der Waals surface area contributed by atoms with Gasteiger partial charge in [0.05, 0.1) is 12.7 Å². The second kappa shape index (κ2) is 6.69. The van der Waals surface area contributed by atoms with Crippen LogP contribution in [-0.2, 0) is 5.75 Å². The van der Waals surface area contributed by atoms with Gasteiger partial charge in [-0.3, -0.25) is 0 Å². The first-order valence-corrected chi connectivity index (χ1v) is 7.66. The first-order valence-electron chi connectivity index (χ1n) is 5.89. The van der Waals surface area contributed by atoms with Crippen LogP contribution in [0.2, 0.25) is 0 Å². The highest BCUT2D eigenvalue weighted by atomic mass is 79.9. The molecular weight excluding hydrogens is 336 g/mol. The van der Waals surface area contributed by atoms with Gasteiger partial charge in [-0.25, -0.2) is 0 Å². The van der Waals surface area contributed by atoms with Crippen LogP contribution in [0.3, 0.4) is 0 Å². The minimum atomic E-state index is 0.551. The number of rotatable bonds is 4. The molecule has 0 saturated carbocycles. The summed E-state index contributed by atoms with van der Waals surface area (Å²) < 4.78 is 6.20. The van der Waals surface area contributed by atoms with E-state index in [1.807, 2.05) is 30.3 Å². The summed E-state index contributed by atoms with van der Waals surface area (Å²) in [4.78, 5) is 1.13. The quantitative estimate of drug-likeness (QED) is 0.664. The number of nitrogens with two attached hydrogens (primary N) is 1. The second-order valence-corrected chi connectivity index (χ2v) is 6.00. The van der Waals surface area contributed by atoms with Gasteiger partial charge in [0.1, 0.15) is 11.8 Å². The topological polar surface area (TPSA) is 59.0 Å². The van der Waals surface area contributed by atoms with Crippen LogP contribution in [0.15, 0.2) is 45.8 Å². The van der Waals surface area contributed by atoms with Gasteiger partial charge in [-0.15, -0.1) is 11.8 Å². The molecule has 0 radical (unpaired) electrons. The molecular formula is C15H13BrN2OS. The van der Waals surface area contributed by atoms with Crippen LogP contribution in [0, 0.1) is 11.3 Å². The van der Waals surface area contributed by atoms with Crippen LogP contribution in [-0.4, -0.2) is 7.11 Å². The summed E-state index contributed by atoms with van der Waals surface area (Å²) in [6.45, 7) is 0. The number of nitrogens with zero attached hydrogens (tertiary/aromatic N) is 1. The number of halogens is 1. The van der Waals surface area contributed by atoms with E-state index >= 15 is 0 Å². The molecule has 0 unspecified atom stereocenters. The van der Waals surface area contributed by atoms with Gasteiger partial charge in [0.15, 0.2) is 0 Å². The average molecular weight is 349 g/mol. The Morgan fingerprint density at radius 3 is 2.75 bits per heavy atom. The molecule has 3 nitrogen and oxygen atoms in total. The van der Waals surface area contributed by atoms with Gasteiger partial charge >= 0.3 is 0 Å². The number of hydrogen-bond donors (Lipinski definition) is 1. The monoisotopic (exact) mass is 348 g/mol. The Balaban J connectivity index is 2.13. The van der Waals surface area contributed by atoms with Crippen LogP contribution in [0.4, 0.5) is 5.69 Å². The minimum absolute atomic E-state index is 0.551. The Labute approximate surface area is 130 Å². The van der Waals surface area contributed by atoms with Crippen molar-refractivity contribution in [3.63, 3.8) is 0 Å². The van der Waals surface area contributed by atoms with Crippen molar-refractivity contribution in [2.75, 3.05) is 12.8 Å². The van der Waals surface area contributed by atoms with Crippen molar-refractivity contribution in [1.29, 1.82) is 5.26 Å². The third-order valence-corrected chi connectivity index (χ3v) is 4.80. The van der Waals surface area contributed by atoms with Gasteiger partial charge < -0.3 is 10.5 Å². The van der Waals surface area contributed by atoms with E-state index in [-0.39, 0.29) is 0 Å². The lowest BCUT2D eigenvalue weighted by Gasteiger charge is -2.08. The fraction of sp³-hybridized carbons (Fsp3) is 0.133. The number of methoxy groups -OCH3 is 1. The van der Waals surface area contributed by atoms with Crippen molar-refractivity contribution in [3.05, 3.63) is 52.0 Å². The van der Waals surface area contributed by atoms with E-state index in [0.717, 1.165) is 26.4 Å². The number of anilines is 1. The molecule has 0 amide bonds. The third kappa shape index (κ3) is 3.47. The Hall–Kier alpha value is -1.64. The largest absolute Gasteiger partial charge is 0.495 e. The van der Waals surface area contributed by atoms with Gasteiger partial charge in [-0.2, -0.15) is 5.26 Å². The maximum atomic E-state index is 8.96. The van der Waals surface area contributed by atoms with E-state index in [9.17, 15) is 0 Å². The van der Waals surface area contributed by atoms with Gasteiger partial charge in [0, 0.05) is 20.8 Å². The van der Waals surface area contributed by atoms with Crippen LogP contribution in [0.25, 0.3) is 0 Å². The maximum absolute atomic E-state index is 8.96. The summed E-state index contributed by atoms with van der Waals surface area (Å²) in [5.41, 5.74) is 8.11. The smallest absolute Gasteiger partial charge is 0.136 e. The van der Waals surface area contributed by atoms with E-state index < -0.39 is 0 Å². The fourth-order valence-corrected chi connectivity index (χ4v) is 3.32. The van der Waals surface area contributed by atoms with Crippen molar-refractivity contribution in [2.45, 2.75) is 10.6 Å². The zero-order chi connectivity index (χ0) is 14.5. The van der Waals surface area contributed by atoms with Gasteiger partial charge in [0.25, 0.3) is 0 Å². The summed E-state index contributed by atoms with van der Waals surface area (Å²) in [5, 5.41) is 8.96. The number of benzene rings is 2. The summed E-state index contributed by atoms with van der Waals surface area (Å²) in [5.74, 6) is 1.41. The first-order chi connectivity index (χ1) is 9.63. The molecule has 0 aliphatic carbocycles. The highest BCUT2D eigenvalue weighted by Gasteiger charge is 2.06. The van der Waals surface area contributed by atoms with Crippen LogP contribution in [0.5, 0.6) is 5.75 Å². The molecule has 2 rings (SSSR count). The molecule has 0 atom stereocenters. The van der Waals surface area contributed by atoms with E-state index in [0.29, 0.717) is 11.3 Å². The average Bonchev–Trinajstić information content (AvgIpc) is 2.46. The Bertz CT molecular complexity index is 667. The van der Waals surface area contributed by atoms with Crippen LogP contribution in [0.1, 0.15) is 11.1 Å². The number of hydrogen-bond acceptors (Lipinski definition) is 4. The molecule has 20 heavy (non-hydrogen) atoms. The Kier molecular flexibility index (Phi) is 4.94. The van der Waals surface area contributed by atoms with Gasteiger partial charge in [0.2, 0.25) is 0 Å². The highest BCUT2D eigenvalue weighted by molar-refractivity contribution is 9.10. The summed E-state index contributed by atoms with van der Waals surface area (Å²) in [6, 6.07) is 13.5. The highest BCUT2D eigenvalue weighted by Crippen LogP contribution is 2.32. The van der Waals surface area contributed by atoms with Crippen molar-refractivity contribution in [1.82, 2.24) is 0 Å². The molecule has 0 fully saturated rings. The van der Waals surface area contributed by atoms with Crippen LogP contribution >= 0.6 is 27.7 Å². The van der Waals surface area contributed by atoms with E-state index in [2.05, 4.69) is 22.0 Å². The number of nitrogen functional groups attached to an aromatic ring is 1. The van der Waals surface area contributed by atoms with E-state index in [1.54, 1.807) is 24.9 Å². The van der Waals surface area contributed by atoms with Crippen molar-refractivity contribution < 1.29 is 4.74 Å². The van der Waals surface area contributed by atoms with Crippen molar-refractivity contribution in [3.8, 4) is 11.8 Å². The number of nitriles is 1. The molecule has 2 aromatic carbocycles. The molecule has 5 heteroatoms. The van der Waals surface area contributed by atoms with Gasteiger partial charge in [-0.1, -0.05) is 6.07 Å².